The molecule has 1 saturated carbocycles. The average molecular weight is 136 g/mol. The summed E-state index contributed by atoms with van der Waals surface area (Å²) in [6.07, 6.45) is 1.41. The van der Waals surface area contributed by atoms with E-state index in [4.69, 9.17) is 0 Å². The van der Waals surface area contributed by atoms with E-state index in [1.165, 1.54) is 0 Å². The van der Waals surface area contributed by atoms with Crippen LogP contribution in [0.1, 0.15) is 18.4 Å². The molecule has 0 bridgehead atoms. The Bertz CT molecular complexity index is 224. The van der Waals surface area contributed by atoms with Crippen molar-refractivity contribution in [2.75, 3.05) is 0 Å². The molecule has 2 rings (SSSR count). The van der Waals surface area contributed by atoms with E-state index >= 15 is 0 Å². The van der Waals surface area contributed by atoms with Crippen LogP contribution in [0.15, 0.2) is 30.3 Å². The maximum atomic E-state index is 13.2. The fourth-order valence-corrected chi connectivity index (χ4v) is 1.14. The Morgan fingerprint density at radius 2 is 1.70 bits per heavy atom. The molecule has 1 aromatic carbocycles. The molecule has 1 fully saturated rings. The van der Waals surface area contributed by atoms with Gasteiger partial charge in [0.1, 0.15) is 5.67 Å². The van der Waals surface area contributed by atoms with Crippen LogP contribution < -0.4 is 0 Å². The minimum absolute atomic E-state index is 0.705. The molecular weight excluding hydrogens is 127 g/mol. The molecule has 1 aromatic rings. The van der Waals surface area contributed by atoms with Crippen LogP contribution in [0.4, 0.5) is 4.39 Å². The first-order valence-electron chi connectivity index (χ1n) is 3.56. The van der Waals surface area contributed by atoms with E-state index < -0.39 is 5.67 Å². The summed E-state index contributed by atoms with van der Waals surface area (Å²) in [6.45, 7) is 0. The van der Waals surface area contributed by atoms with E-state index in [1.807, 2.05) is 30.3 Å². The van der Waals surface area contributed by atoms with Gasteiger partial charge in [0.15, 0.2) is 0 Å². The molecule has 0 atom stereocenters. The van der Waals surface area contributed by atoms with Crippen LogP contribution in [0.3, 0.4) is 0 Å². The number of halogens is 1. The normalized spacial score (nSPS) is 20.5. The molecule has 0 nitrogen and oxygen atoms in total. The first-order valence-corrected chi connectivity index (χ1v) is 3.56. The highest BCUT2D eigenvalue weighted by Crippen LogP contribution is 2.49. The second kappa shape index (κ2) is 1.82. The van der Waals surface area contributed by atoms with Crippen LogP contribution in [0, 0.1) is 0 Å². The first-order chi connectivity index (χ1) is 4.81. The summed E-state index contributed by atoms with van der Waals surface area (Å²) in [6, 6.07) is 9.39. The van der Waals surface area contributed by atoms with Gasteiger partial charge < -0.3 is 0 Å². The predicted octanol–water partition coefficient (Wildman–Crippen LogP) is 2.65. The number of alkyl halides is 1. The van der Waals surface area contributed by atoms with E-state index in [0.29, 0.717) is 12.8 Å². The molecule has 1 aliphatic carbocycles. The standard InChI is InChI=1S/C9H9F/c10-9(6-7-9)8-4-2-1-3-5-8/h1-5H,6-7H2. The highest BCUT2D eigenvalue weighted by Gasteiger charge is 2.44. The Labute approximate surface area is 59.7 Å². The van der Waals surface area contributed by atoms with Gasteiger partial charge >= 0.3 is 0 Å². The zero-order chi connectivity index (χ0) is 7.03. The zero-order valence-electron chi connectivity index (χ0n) is 5.68. The SMILES string of the molecule is FC1(c2ccccc2)CC1. The summed E-state index contributed by atoms with van der Waals surface area (Å²) in [4.78, 5) is 0. The smallest absolute Gasteiger partial charge is 0.136 e. The minimum Gasteiger partial charge on any atom is -0.239 e. The van der Waals surface area contributed by atoms with Gasteiger partial charge in [-0.15, -0.1) is 0 Å². The number of hydrogen-bond donors (Lipinski definition) is 0. The molecule has 0 heterocycles. The van der Waals surface area contributed by atoms with Crippen molar-refractivity contribution in [3.63, 3.8) is 0 Å². The van der Waals surface area contributed by atoms with E-state index in [9.17, 15) is 4.39 Å². The van der Waals surface area contributed by atoms with Crippen molar-refractivity contribution in [3.8, 4) is 0 Å². The zero-order valence-corrected chi connectivity index (χ0v) is 5.68. The summed E-state index contributed by atoms with van der Waals surface area (Å²) in [5.74, 6) is 0. The van der Waals surface area contributed by atoms with Gasteiger partial charge in [0.25, 0.3) is 0 Å². The van der Waals surface area contributed by atoms with E-state index in [1.54, 1.807) is 0 Å². The molecule has 0 amide bonds. The molecule has 1 heteroatoms. The highest BCUT2D eigenvalue weighted by molar-refractivity contribution is 5.26. The van der Waals surface area contributed by atoms with E-state index in [2.05, 4.69) is 0 Å². The summed E-state index contributed by atoms with van der Waals surface area (Å²) < 4.78 is 13.2. The van der Waals surface area contributed by atoms with Gasteiger partial charge in [-0.25, -0.2) is 4.39 Å². The topological polar surface area (TPSA) is 0 Å². The Kier molecular flexibility index (Phi) is 1.07. The van der Waals surface area contributed by atoms with E-state index in [-0.39, 0.29) is 0 Å². The lowest BCUT2D eigenvalue weighted by atomic mass is 10.1. The first kappa shape index (κ1) is 5.90. The molecule has 0 N–H and O–H groups in total. The van der Waals surface area contributed by atoms with Crippen LogP contribution in [0.5, 0.6) is 0 Å². The second-order valence-electron chi connectivity index (χ2n) is 2.83. The van der Waals surface area contributed by atoms with Crippen molar-refractivity contribution in [2.24, 2.45) is 0 Å². The predicted molar refractivity (Wildman–Crippen MR) is 38.5 cm³/mol. The van der Waals surface area contributed by atoms with Gasteiger partial charge in [0, 0.05) is 0 Å². The minimum atomic E-state index is -0.957. The maximum absolute atomic E-state index is 13.2. The molecule has 10 heavy (non-hydrogen) atoms. The highest BCUT2D eigenvalue weighted by atomic mass is 19.1. The van der Waals surface area contributed by atoms with Crippen molar-refractivity contribution in [1.29, 1.82) is 0 Å². The van der Waals surface area contributed by atoms with Crippen molar-refractivity contribution in [1.82, 2.24) is 0 Å². The molecule has 1 aliphatic rings. The lowest BCUT2D eigenvalue weighted by molar-refractivity contribution is 0.317. The molecule has 0 saturated heterocycles. The third kappa shape index (κ3) is 0.821. The molecule has 0 radical (unpaired) electrons. The van der Waals surface area contributed by atoms with Crippen molar-refractivity contribution in [2.45, 2.75) is 18.5 Å². The Morgan fingerprint density at radius 3 is 2.20 bits per heavy atom. The van der Waals surface area contributed by atoms with Gasteiger partial charge in [-0.2, -0.15) is 0 Å². The quantitative estimate of drug-likeness (QED) is 0.556. The van der Waals surface area contributed by atoms with Crippen molar-refractivity contribution >= 4 is 0 Å². The average Bonchev–Trinajstić information content (AvgIpc) is 2.72. The number of benzene rings is 1. The summed E-state index contributed by atoms with van der Waals surface area (Å²) in [5, 5.41) is 0. The van der Waals surface area contributed by atoms with Gasteiger partial charge in [-0.1, -0.05) is 30.3 Å². The molecule has 0 spiro atoms. The Balaban J connectivity index is 2.35. The van der Waals surface area contributed by atoms with Crippen LogP contribution >= 0.6 is 0 Å². The summed E-state index contributed by atoms with van der Waals surface area (Å²) in [5.41, 5.74) is -0.114. The molecule has 52 valence electrons. The lowest BCUT2D eigenvalue weighted by Gasteiger charge is -2.02. The second-order valence-corrected chi connectivity index (χ2v) is 2.83. The van der Waals surface area contributed by atoms with Crippen LogP contribution in [-0.2, 0) is 5.67 Å². The third-order valence-corrected chi connectivity index (χ3v) is 1.98. The fourth-order valence-electron chi connectivity index (χ4n) is 1.14. The van der Waals surface area contributed by atoms with Gasteiger partial charge in [0.2, 0.25) is 0 Å². The molecule has 0 aliphatic heterocycles. The largest absolute Gasteiger partial charge is 0.239 e. The van der Waals surface area contributed by atoms with Crippen molar-refractivity contribution < 1.29 is 4.39 Å². The number of rotatable bonds is 1. The van der Waals surface area contributed by atoms with Gasteiger partial charge in [-0.05, 0) is 18.4 Å². The van der Waals surface area contributed by atoms with Crippen LogP contribution in [0.25, 0.3) is 0 Å². The summed E-state index contributed by atoms with van der Waals surface area (Å²) in [7, 11) is 0. The molecule has 0 aromatic heterocycles. The summed E-state index contributed by atoms with van der Waals surface area (Å²) >= 11 is 0. The van der Waals surface area contributed by atoms with E-state index in [0.717, 1.165) is 5.56 Å². The van der Waals surface area contributed by atoms with Crippen LogP contribution in [0.2, 0.25) is 0 Å². The maximum Gasteiger partial charge on any atom is 0.136 e. The third-order valence-electron chi connectivity index (χ3n) is 1.98. The molecule has 0 unspecified atom stereocenters. The molecular formula is C9H9F. The fraction of sp³-hybridized carbons (Fsp3) is 0.333. The number of hydrogen-bond acceptors (Lipinski definition) is 0. The lowest BCUT2D eigenvalue weighted by Crippen LogP contribution is -1.95. The van der Waals surface area contributed by atoms with Gasteiger partial charge in [0.05, 0.1) is 0 Å². The monoisotopic (exact) mass is 136 g/mol. The van der Waals surface area contributed by atoms with Crippen molar-refractivity contribution in [3.05, 3.63) is 35.9 Å². The van der Waals surface area contributed by atoms with Crippen LogP contribution in [-0.4, -0.2) is 0 Å². The van der Waals surface area contributed by atoms with Gasteiger partial charge in [-0.3, -0.25) is 0 Å². The Hall–Kier alpha value is -0.850. The Morgan fingerprint density at radius 1 is 1.10 bits per heavy atom.